The third-order valence-corrected chi connectivity index (χ3v) is 7.64. The highest BCUT2D eigenvalue weighted by molar-refractivity contribution is 5.87. The molecule has 0 aromatic heterocycles. The molecule has 2 aromatic carbocycles. The average molecular weight is 623 g/mol. The number of aliphatic hydroxyl groups is 4. The van der Waals surface area contributed by atoms with Crippen LogP contribution in [0.5, 0.6) is 23.0 Å². The van der Waals surface area contributed by atoms with Gasteiger partial charge in [-0.15, -0.1) is 0 Å². The number of rotatable bonds is 7. The van der Waals surface area contributed by atoms with Gasteiger partial charge in [0.1, 0.15) is 42.7 Å². The van der Waals surface area contributed by atoms with Crippen LogP contribution >= 0.6 is 0 Å². The van der Waals surface area contributed by atoms with Crippen LogP contribution in [0.1, 0.15) is 24.2 Å². The molecule has 3 fully saturated rings. The van der Waals surface area contributed by atoms with E-state index in [0.29, 0.717) is 11.1 Å². The summed E-state index contributed by atoms with van der Waals surface area (Å²) in [6.07, 6.45) is -12.2. The molecule has 3 saturated heterocycles. The molecule has 44 heavy (non-hydrogen) atoms. The van der Waals surface area contributed by atoms with Gasteiger partial charge in [-0.2, -0.15) is 0 Å². The van der Waals surface area contributed by atoms with Crippen molar-refractivity contribution < 1.29 is 74.1 Å². The molecule has 11 unspecified atom stereocenters. The highest BCUT2D eigenvalue weighted by Crippen LogP contribution is 2.39. The Hall–Kier alpha value is -3.51. The maximum absolute atomic E-state index is 13.0. The highest BCUT2D eigenvalue weighted by Gasteiger charge is 2.55. The second-order valence-corrected chi connectivity index (χ2v) is 10.7. The van der Waals surface area contributed by atoms with Crippen LogP contribution in [0.25, 0.3) is 6.08 Å². The fraction of sp³-hybridized carbons (Fsp3) is 0.483. The molecule has 11 atom stereocenters. The van der Waals surface area contributed by atoms with Crippen molar-refractivity contribution in [1.82, 2.24) is 0 Å². The van der Waals surface area contributed by atoms with Gasteiger partial charge in [0.25, 0.3) is 0 Å². The molecular weight excluding hydrogens is 588 g/mol. The van der Waals surface area contributed by atoms with Gasteiger partial charge in [0.05, 0.1) is 19.3 Å². The van der Waals surface area contributed by atoms with Crippen LogP contribution in [-0.2, 0) is 33.2 Å². The van der Waals surface area contributed by atoms with Gasteiger partial charge in [-0.3, -0.25) is 0 Å². The molecule has 15 heteroatoms. The van der Waals surface area contributed by atoms with Crippen molar-refractivity contribution in [3.05, 3.63) is 53.6 Å². The van der Waals surface area contributed by atoms with Gasteiger partial charge in [-0.05, 0) is 48.4 Å². The highest BCUT2D eigenvalue weighted by atomic mass is 16.8. The minimum absolute atomic E-state index is 0.0760. The van der Waals surface area contributed by atoms with Gasteiger partial charge in [-0.1, -0.05) is 12.1 Å². The van der Waals surface area contributed by atoms with Crippen molar-refractivity contribution >= 4 is 12.0 Å². The molecule has 15 nitrogen and oxygen atoms in total. The minimum atomic E-state index is -1.73. The van der Waals surface area contributed by atoms with E-state index in [2.05, 4.69) is 0 Å². The van der Waals surface area contributed by atoms with Gasteiger partial charge >= 0.3 is 5.97 Å². The number of aromatic hydroxyl groups is 4. The van der Waals surface area contributed by atoms with Gasteiger partial charge in [0, 0.05) is 6.08 Å². The minimum Gasteiger partial charge on any atom is -0.504 e. The molecule has 0 saturated carbocycles. The zero-order valence-corrected chi connectivity index (χ0v) is 23.3. The number of phenolic OH excluding ortho intramolecular Hbond substituents is 4. The fourth-order valence-corrected chi connectivity index (χ4v) is 5.19. The number of esters is 1. The molecule has 2 aromatic rings. The summed E-state index contributed by atoms with van der Waals surface area (Å²) >= 11 is 0. The molecule has 3 aliphatic heterocycles. The Kier molecular flexibility index (Phi) is 9.59. The smallest absolute Gasteiger partial charge is 0.331 e. The predicted molar refractivity (Wildman–Crippen MR) is 145 cm³/mol. The fourth-order valence-electron chi connectivity index (χ4n) is 5.19. The van der Waals surface area contributed by atoms with E-state index in [1.54, 1.807) is 0 Å². The van der Waals surface area contributed by atoms with Crippen molar-refractivity contribution in [3.8, 4) is 23.0 Å². The van der Waals surface area contributed by atoms with Crippen molar-refractivity contribution in [2.45, 2.75) is 74.4 Å². The molecule has 0 radical (unpaired) electrons. The van der Waals surface area contributed by atoms with Gasteiger partial charge in [-0.25, -0.2) is 4.79 Å². The number of carbonyl (C=O) groups is 1. The maximum atomic E-state index is 13.0. The lowest BCUT2D eigenvalue weighted by Gasteiger charge is -2.50. The topological polar surface area (TPSA) is 234 Å². The summed E-state index contributed by atoms with van der Waals surface area (Å²) in [5, 5.41) is 80.3. The Labute approximate surface area is 250 Å². The Bertz CT molecular complexity index is 1350. The number of aliphatic hydroxyl groups excluding tert-OH is 4. The first-order valence-corrected chi connectivity index (χ1v) is 13.8. The molecule has 0 bridgehead atoms. The SMILES string of the molecule is CC1OC(OC2C(OC(=O)/C=C/c3ccc(O)c(O)c3)C(CO)OC3OCC(c4ccc(O)c(O)c4)OC32)C(O)C(O)C1O. The Morgan fingerprint density at radius 2 is 1.59 bits per heavy atom. The summed E-state index contributed by atoms with van der Waals surface area (Å²) < 4.78 is 35.3. The predicted octanol–water partition coefficient (Wildman–Crippen LogP) is -0.479. The van der Waals surface area contributed by atoms with Crippen LogP contribution in [0, 0.1) is 0 Å². The number of phenols is 4. The van der Waals surface area contributed by atoms with Crippen molar-refractivity contribution in [3.63, 3.8) is 0 Å². The summed E-state index contributed by atoms with van der Waals surface area (Å²) in [7, 11) is 0. The molecule has 0 spiro atoms. The van der Waals surface area contributed by atoms with Crippen molar-refractivity contribution in [2.24, 2.45) is 0 Å². The van der Waals surface area contributed by atoms with E-state index in [4.69, 9.17) is 28.4 Å². The van der Waals surface area contributed by atoms with Gasteiger partial charge in [0.2, 0.25) is 0 Å². The Morgan fingerprint density at radius 3 is 2.27 bits per heavy atom. The second kappa shape index (κ2) is 13.2. The molecule has 3 heterocycles. The number of carbonyl (C=O) groups excluding carboxylic acids is 1. The van der Waals surface area contributed by atoms with Gasteiger partial charge < -0.3 is 69.3 Å². The van der Waals surface area contributed by atoms with E-state index < -0.39 is 91.6 Å². The van der Waals surface area contributed by atoms with Crippen LogP contribution in [0.4, 0.5) is 0 Å². The van der Waals surface area contributed by atoms with Crippen LogP contribution < -0.4 is 0 Å². The quantitative estimate of drug-likeness (QED) is 0.111. The number of fused-ring (bicyclic) bond motifs is 1. The molecular formula is C29H34O15. The first-order valence-electron chi connectivity index (χ1n) is 13.8. The summed E-state index contributed by atoms with van der Waals surface area (Å²) in [6.45, 7) is 0.713. The van der Waals surface area contributed by atoms with E-state index in [9.17, 15) is 45.6 Å². The molecule has 0 aliphatic carbocycles. The van der Waals surface area contributed by atoms with Gasteiger partial charge in [0.15, 0.2) is 41.7 Å². The van der Waals surface area contributed by atoms with E-state index in [1.165, 1.54) is 49.4 Å². The standard InChI is InChI=1S/C29H34O15/c1-12-22(36)23(37)24(38)28(40-12)44-26-25(43-21(35)7-3-13-2-5-15(31)17(33)8-13)19(10-30)42-29-27(26)41-20(11-39-29)14-4-6-16(32)18(34)9-14/h2-9,12,19-20,22-34,36-38H,10-11H2,1H3/b7-3+. The number of hydrogen-bond donors (Lipinski definition) is 8. The van der Waals surface area contributed by atoms with E-state index in [-0.39, 0.29) is 18.1 Å². The third-order valence-electron chi connectivity index (χ3n) is 7.64. The van der Waals surface area contributed by atoms with Crippen LogP contribution in [0.2, 0.25) is 0 Å². The van der Waals surface area contributed by atoms with Crippen LogP contribution in [0.3, 0.4) is 0 Å². The average Bonchev–Trinajstić information content (AvgIpc) is 3.01. The largest absolute Gasteiger partial charge is 0.504 e. The molecule has 240 valence electrons. The molecule has 3 aliphatic rings. The molecule has 5 rings (SSSR count). The van der Waals surface area contributed by atoms with Crippen molar-refractivity contribution in [1.29, 1.82) is 0 Å². The summed E-state index contributed by atoms with van der Waals surface area (Å²) in [4.78, 5) is 13.0. The summed E-state index contributed by atoms with van der Waals surface area (Å²) in [6, 6.07) is 7.92. The van der Waals surface area contributed by atoms with Crippen molar-refractivity contribution in [2.75, 3.05) is 13.2 Å². The number of benzene rings is 2. The first-order chi connectivity index (χ1) is 21.0. The van der Waals surface area contributed by atoms with E-state index in [0.717, 1.165) is 6.08 Å². The zero-order chi connectivity index (χ0) is 31.7. The van der Waals surface area contributed by atoms with E-state index in [1.807, 2.05) is 0 Å². The lowest BCUT2D eigenvalue weighted by Crippen LogP contribution is -2.66. The maximum Gasteiger partial charge on any atom is 0.331 e. The number of hydrogen-bond acceptors (Lipinski definition) is 15. The Morgan fingerprint density at radius 1 is 0.886 bits per heavy atom. The third kappa shape index (κ3) is 6.61. The second-order valence-electron chi connectivity index (χ2n) is 10.7. The summed E-state index contributed by atoms with van der Waals surface area (Å²) in [5.41, 5.74) is 0.768. The molecule has 8 N–H and O–H groups in total. The molecule has 0 amide bonds. The van der Waals surface area contributed by atoms with E-state index >= 15 is 0 Å². The monoisotopic (exact) mass is 622 g/mol. The summed E-state index contributed by atoms with van der Waals surface area (Å²) in [5.74, 6) is -2.43. The lowest BCUT2D eigenvalue weighted by atomic mass is 9.95. The van der Waals surface area contributed by atoms with Crippen LogP contribution in [0.15, 0.2) is 42.5 Å². The number of ether oxygens (including phenoxy) is 6. The normalized spacial score (nSPS) is 35.7. The first kappa shape index (κ1) is 31.9. The van der Waals surface area contributed by atoms with Crippen LogP contribution in [-0.4, -0.2) is 121 Å². The Balaban J connectivity index is 1.43. The lowest BCUT2D eigenvalue weighted by molar-refractivity contribution is -0.384. The zero-order valence-electron chi connectivity index (χ0n) is 23.3.